The van der Waals surface area contributed by atoms with Gasteiger partial charge in [0.1, 0.15) is 0 Å². The van der Waals surface area contributed by atoms with Gasteiger partial charge in [-0.2, -0.15) is 5.26 Å². The van der Waals surface area contributed by atoms with Crippen molar-refractivity contribution in [3.8, 4) is 6.07 Å². The lowest BCUT2D eigenvalue weighted by Crippen LogP contribution is -2.35. The van der Waals surface area contributed by atoms with Gasteiger partial charge in [0.15, 0.2) is 0 Å². The Kier molecular flexibility index (Phi) is 5.18. The number of amides is 1. The van der Waals surface area contributed by atoms with Crippen molar-refractivity contribution >= 4 is 5.91 Å². The lowest BCUT2D eigenvalue weighted by Gasteiger charge is -2.14. The van der Waals surface area contributed by atoms with E-state index in [-0.39, 0.29) is 5.91 Å². The minimum atomic E-state index is 0.0574. The summed E-state index contributed by atoms with van der Waals surface area (Å²) in [7, 11) is 1.77. The third-order valence-electron chi connectivity index (χ3n) is 2.63. The molecule has 0 radical (unpaired) electrons. The maximum atomic E-state index is 11.5. The molecule has 0 bridgehead atoms. The molecule has 1 N–H and O–H groups in total. The molecule has 0 fully saturated rings. The Morgan fingerprint density at radius 3 is 2.82 bits per heavy atom. The van der Waals surface area contributed by atoms with Crippen molar-refractivity contribution in [3.05, 3.63) is 35.4 Å². The molecule has 90 valence electrons. The molecule has 0 heterocycles. The van der Waals surface area contributed by atoms with Crippen LogP contribution in [0.1, 0.15) is 18.1 Å². The van der Waals surface area contributed by atoms with Crippen LogP contribution in [0.15, 0.2) is 24.3 Å². The highest BCUT2D eigenvalue weighted by Gasteiger charge is 2.06. The Morgan fingerprint density at radius 2 is 2.18 bits per heavy atom. The Bertz CT molecular complexity index is 423. The van der Waals surface area contributed by atoms with Crippen LogP contribution in [0, 0.1) is 11.3 Å². The summed E-state index contributed by atoms with van der Waals surface area (Å²) in [5, 5.41) is 11.9. The number of hydrogen-bond acceptors (Lipinski definition) is 3. The van der Waals surface area contributed by atoms with Gasteiger partial charge in [-0.25, -0.2) is 0 Å². The molecule has 0 saturated heterocycles. The average molecular weight is 231 g/mol. The van der Waals surface area contributed by atoms with E-state index in [4.69, 9.17) is 5.26 Å². The molecule has 1 aromatic carbocycles. The molecule has 1 aromatic rings. The number of nitrogens with zero attached hydrogens (tertiary/aromatic N) is 2. The molecule has 1 rings (SSSR count). The van der Waals surface area contributed by atoms with E-state index < -0.39 is 0 Å². The van der Waals surface area contributed by atoms with Crippen molar-refractivity contribution in [2.75, 3.05) is 20.1 Å². The van der Waals surface area contributed by atoms with Gasteiger partial charge in [-0.05, 0) is 18.6 Å². The maximum absolute atomic E-state index is 11.5. The first-order chi connectivity index (χ1) is 8.19. The largest absolute Gasteiger partial charge is 0.345 e. The van der Waals surface area contributed by atoms with E-state index in [1.54, 1.807) is 18.0 Å². The fraction of sp³-hybridized carbons (Fsp3) is 0.385. The molecule has 0 aliphatic carbocycles. The molecular weight excluding hydrogens is 214 g/mol. The third kappa shape index (κ3) is 3.89. The van der Waals surface area contributed by atoms with E-state index in [0.717, 1.165) is 5.56 Å². The number of nitriles is 1. The van der Waals surface area contributed by atoms with E-state index in [1.807, 2.05) is 25.1 Å². The monoisotopic (exact) mass is 231 g/mol. The topological polar surface area (TPSA) is 56.1 Å². The number of hydrogen-bond donors (Lipinski definition) is 1. The van der Waals surface area contributed by atoms with E-state index in [9.17, 15) is 4.79 Å². The summed E-state index contributed by atoms with van der Waals surface area (Å²) >= 11 is 0. The minimum Gasteiger partial charge on any atom is -0.345 e. The van der Waals surface area contributed by atoms with E-state index in [1.165, 1.54) is 0 Å². The molecule has 1 amide bonds. The Balaban J connectivity index is 2.47. The highest BCUT2D eigenvalue weighted by molar-refractivity contribution is 5.77. The van der Waals surface area contributed by atoms with E-state index in [0.29, 0.717) is 25.2 Å². The fourth-order valence-electron chi connectivity index (χ4n) is 1.40. The second-order valence-electron chi connectivity index (χ2n) is 3.78. The molecule has 0 aliphatic rings. The SMILES string of the molecule is CCN(C)C(=O)CNCc1ccccc1C#N. The zero-order chi connectivity index (χ0) is 12.7. The summed E-state index contributed by atoms with van der Waals surface area (Å²) in [6.45, 7) is 3.47. The number of carbonyl (C=O) groups is 1. The van der Waals surface area contributed by atoms with Crippen LogP contribution < -0.4 is 5.32 Å². The zero-order valence-electron chi connectivity index (χ0n) is 10.2. The van der Waals surface area contributed by atoms with Crippen molar-refractivity contribution in [1.82, 2.24) is 10.2 Å². The van der Waals surface area contributed by atoms with Gasteiger partial charge in [0.25, 0.3) is 0 Å². The highest BCUT2D eigenvalue weighted by atomic mass is 16.2. The van der Waals surface area contributed by atoms with Crippen LogP contribution in [0.25, 0.3) is 0 Å². The van der Waals surface area contributed by atoms with Gasteiger partial charge in [0, 0.05) is 20.1 Å². The number of benzene rings is 1. The molecular formula is C13H17N3O. The van der Waals surface area contributed by atoms with Crippen molar-refractivity contribution in [2.45, 2.75) is 13.5 Å². The van der Waals surface area contributed by atoms with Gasteiger partial charge in [-0.1, -0.05) is 18.2 Å². The number of rotatable bonds is 5. The summed E-state index contributed by atoms with van der Waals surface area (Å²) in [6, 6.07) is 9.51. The van der Waals surface area contributed by atoms with Crippen LogP contribution in [0.5, 0.6) is 0 Å². The van der Waals surface area contributed by atoms with Gasteiger partial charge >= 0.3 is 0 Å². The zero-order valence-corrected chi connectivity index (χ0v) is 10.2. The number of likely N-dealkylation sites (N-methyl/N-ethyl adjacent to an activating group) is 1. The lowest BCUT2D eigenvalue weighted by atomic mass is 10.1. The predicted molar refractivity (Wildman–Crippen MR) is 66.2 cm³/mol. The standard InChI is InChI=1S/C13H17N3O/c1-3-16(2)13(17)10-15-9-12-7-5-4-6-11(12)8-14/h4-7,15H,3,9-10H2,1-2H3. The third-order valence-corrected chi connectivity index (χ3v) is 2.63. The summed E-state index contributed by atoms with van der Waals surface area (Å²) in [5.74, 6) is 0.0574. The fourth-order valence-corrected chi connectivity index (χ4v) is 1.40. The van der Waals surface area contributed by atoms with E-state index >= 15 is 0 Å². The van der Waals surface area contributed by atoms with Gasteiger partial charge in [0.05, 0.1) is 18.2 Å². The molecule has 0 aromatic heterocycles. The normalized spacial score (nSPS) is 9.71. The van der Waals surface area contributed by atoms with Gasteiger partial charge in [-0.3, -0.25) is 4.79 Å². The molecule has 4 nitrogen and oxygen atoms in total. The first-order valence-electron chi connectivity index (χ1n) is 5.61. The van der Waals surface area contributed by atoms with Crippen molar-refractivity contribution in [3.63, 3.8) is 0 Å². The Hall–Kier alpha value is -1.86. The lowest BCUT2D eigenvalue weighted by molar-refractivity contribution is -0.128. The van der Waals surface area contributed by atoms with Crippen LogP contribution in [0.2, 0.25) is 0 Å². The predicted octanol–water partition coefficient (Wildman–Crippen LogP) is 1.13. The van der Waals surface area contributed by atoms with Crippen molar-refractivity contribution < 1.29 is 4.79 Å². The first kappa shape index (κ1) is 13.2. The summed E-state index contributed by atoms with van der Waals surface area (Å²) in [6.07, 6.45) is 0. The highest BCUT2D eigenvalue weighted by Crippen LogP contribution is 2.06. The van der Waals surface area contributed by atoms with Crippen molar-refractivity contribution in [2.24, 2.45) is 0 Å². The Labute approximate surface area is 102 Å². The quantitative estimate of drug-likeness (QED) is 0.826. The second-order valence-corrected chi connectivity index (χ2v) is 3.78. The summed E-state index contributed by atoms with van der Waals surface area (Å²) in [5.41, 5.74) is 1.57. The van der Waals surface area contributed by atoms with Crippen molar-refractivity contribution in [1.29, 1.82) is 5.26 Å². The molecule has 0 atom stereocenters. The number of carbonyl (C=O) groups excluding carboxylic acids is 1. The molecule has 0 saturated carbocycles. The molecule has 0 spiro atoms. The molecule has 17 heavy (non-hydrogen) atoms. The molecule has 4 heteroatoms. The summed E-state index contributed by atoms with van der Waals surface area (Å²) in [4.78, 5) is 13.2. The molecule has 0 unspecified atom stereocenters. The van der Waals surface area contributed by atoms with Gasteiger partial charge in [-0.15, -0.1) is 0 Å². The van der Waals surface area contributed by atoms with Crippen LogP contribution in [0.4, 0.5) is 0 Å². The first-order valence-corrected chi connectivity index (χ1v) is 5.61. The molecule has 0 aliphatic heterocycles. The van der Waals surface area contributed by atoms with Crippen LogP contribution >= 0.6 is 0 Å². The second kappa shape index (κ2) is 6.66. The van der Waals surface area contributed by atoms with Gasteiger partial charge in [0.2, 0.25) is 5.91 Å². The summed E-state index contributed by atoms with van der Waals surface area (Å²) < 4.78 is 0. The van der Waals surface area contributed by atoms with Crippen LogP contribution in [-0.2, 0) is 11.3 Å². The van der Waals surface area contributed by atoms with Crippen LogP contribution in [-0.4, -0.2) is 30.9 Å². The smallest absolute Gasteiger partial charge is 0.236 e. The average Bonchev–Trinajstić information content (AvgIpc) is 2.38. The van der Waals surface area contributed by atoms with E-state index in [2.05, 4.69) is 11.4 Å². The van der Waals surface area contributed by atoms with Gasteiger partial charge < -0.3 is 10.2 Å². The minimum absolute atomic E-state index is 0.0574. The maximum Gasteiger partial charge on any atom is 0.236 e. The number of nitrogens with one attached hydrogen (secondary N) is 1. The Morgan fingerprint density at radius 1 is 1.47 bits per heavy atom. The van der Waals surface area contributed by atoms with Crippen LogP contribution in [0.3, 0.4) is 0 Å².